The van der Waals surface area contributed by atoms with Gasteiger partial charge in [-0.2, -0.15) is 0 Å². The van der Waals surface area contributed by atoms with Crippen LogP contribution in [0.5, 0.6) is 0 Å². The second kappa shape index (κ2) is 5.41. The number of halogens is 1. The minimum absolute atomic E-state index is 0.378. The molecular weight excluding hydrogens is 268 g/mol. The van der Waals surface area contributed by atoms with E-state index in [1.54, 1.807) is 0 Å². The number of rotatable bonds is 3. The summed E-state index contributed by atoms with van der Waals surface area (Å²) in [6, 6.07) is 12.6. The molecule has 0 aliphatic heterocycles. The molecule has 0 unspecified atom stereocenters. The molecule has 0 atom stereocenters. The predicted molar refractivity (Wildman–Crippen MR) is 83.5 cm³/mol. The van der Waals surface area contributed by atoms with Gasteiger partial charge in [0.15, 0.2) is 0 Å². The average Bonchev–Trinajstić information content (AvgIpc) is 2.46. The zero-order chi connectivity index (χ0) is 14.1. The quantitative estimate of drug-likeness (QED) is 0.741. The number of carbonyl (C=O) groups is 1. The van der Waals surface area contributed by atoms with E-state index < -0.39 is 0 Å². The maximum atomic E-state index is 11.3. The van der Waals surface area contributed by atoms with Gasteiger partial charge in [-0.3, -0.25) is 4.79 Å². The topological polar surface area (TPSA) is 17.1 Å². The molecule has 0 saturated carbocycles. The van der Waals surface area contributed by atoms with Gasteiger partial charge in [-0.15, -0.1) is 0 Å². The Hall–Kier alpha value is -1.60. The van der Waals surface area contributed by atoms with Crippen molar-refractivity contribution in [2.24, 2.45) is 0 Å². The predicted octanol–water partition coefficient (Wildman–Crippen LogP) is 4.78. The number of benzene rings is 2. The van der Waals surface area contributed by atoms with Crippen LogP contribution in [0.3, 0.4) is 0 Å². The number of aryl methyl sites for hydroxylation is 3. The Balaban J connectivity index is 2.05. The van der Waals surface area contributed by atoms with Crippen molar-refractivity contribution in [1.29, 1.82) is 0 Å². The molecule has 0 heterocycles. The van der Waals surface area contributed by atoms with E-state index in [1.165, 1.54) is 34.2 Å². The van der Waals surface area contributed by atoms with Crippen LogP contribution in [0.25, 0.3) is 11.1 Å². The Morgan fingerprint density at radius 2 is 1.70 bits per heavy atom. The molecule has 0 N–H and O–H groups in total. The molecule has 1 aliphatic carbocycles. The first-order valence-electron chi connectivity index (χ1n) is 7.14. The maximum Gasteiger partial charge on any atom is 0.252 e. The summed E-state index contributed by atoms with van der Waals surface area (Å²) in [5.74, 6) is 0. The van der Waals surface area contributed by atoms with Crippen molar-refractivity contribution in [3.63, 3.8) is 0 Å². The molecule has 0 radical (unpaired) electrons. The second-order valence-corrected chi connectivity index (χ2v) is 5.73. The van der Waals surface area contributed by atoms with Gasteiger partial charge in [0.05, 0.1) is 0 Å². The van der Waals surface area contributed by atoms with Gasteiger partial charge in [-0.1, -0.05) is 37.6 Å². The fourth-order valence-electron chi connectivity index (χ4n) is 3.02. The molecule has 2 aromatic carbocycles. The smallest absolute Gasteiger partial charge is 0.252 e. The Morgan fingerprint density at radius 3 is 2.35 bits per heavy atom. The molecule has 0 bridgehead atoms. The summed E-state index contributed by atoms with van der Waals surface area (Å²) in [5.41, 5.74) is 7.22. The van der Waals surface area contributed by atoms with E-state index in [0.717, 1.165) is 19.3 Å². The van der Waals surface area contributed by atoms with Crippen LogP contribution in [0.4, 0.5) is 0 Å². The fraction of sp³-hybridized carbons (Fsp3) is 0.278. The van der Waals surface area contributed by atoms with Crippen molar-refractivity contribution >= 4 is 16.8 Å². The van der Waals surface area contributed by atoms with Crippen LogP contribution in [0.1, 0.15) is 40.4 Å². The van der Waals surface area contributed by atoms with E-state index in [-0.39, 0.29) is 5.24 Å². The van der Waals surface area contributed by atoms with E-state index in [9.17, 15) is 4.79 Å². The summed E-state index contributed by atoms with van der Waals surface area (Å²) in [6.45, 7) is 2.21. The van der Waals surface area contributed by atoms with Crippen LogP contribution in [0.2, 0.25) is 0 Å². The minimum atomic E-state index is -0.378. The average molecular weight is 285 g/mol. The largest absolute Gasteiger partial charge is 0.276 e. The zero-order valence-electron chi connectivity index (χ0n) is 11.6. The van der Waals surface area contributed by atoms with Crippen LogP contribution in [-0.2, 0) is 19.3 Å². The van der Waals surface area contributed by atoms with Crippen molar-refractivity contribution in [3.05, 3.63) is 58.7 Å². The first kappa shape index (κ1) is 13.4. The first-order valence-corrected chi connectivity index (χ1v) is 7.51. The van der Waals surface area contributed by atoms with E-state index in [2.05, 4.69) is 25.1 Å². The summed E-state index contributed by atoms with van der Waals surface area (Å²) in [6.07, 6.45) is 4.34. The summed E-state index contributed by atoms with van der Waals surface area (Å²) in [5, 5.41) is -0.378. The third-order valence-electron chi connectivity index (χ3n) is 3.99. The van der Waals surface area contributed by atoms with Gasteiger partial charge in [-0.25, -0.2) is 0 Å². The Labute approximate surface area is 124 Å². The summed E-state index contributed by atoms with van der Waals surface area (Å²) < 4.78 is 0. The normalized spacial score (nSPS) is 12.7. The van der Waals surface area contributed by atoms with Crippen LogP contribution >= 0.6 is 11.6 Å². The SMILES string of the molecule is CCCc1ccc2c(c1)CCc1cc(C(=O)Cl)ccc1-2. The zero-order valence-corrected chi connectivity index (χ0v) is 12.3. The second-order valence-electron chi connectivity index (χ2n) is 5.39. The maximum absolute atomic E-state index is 11.3. The molecule has 0 spiro atoms. The van der Waals surface area contributed by atoms with Gasteiger partial charge in [0.1, 0.15) is 0 Å². The third-order valence-corrected chi connectivity index (χ3v) is 4.21. The highest BCUT2D eigenvalue weighted by Gasteiger charge is 2.17. The molecule has 1 nitrogen and oxygen atoms in total. The van der Waals surface area contributed by atoms with Gasteiger partial charge in [-0.05, 0) is 70.8 Å². The van der Waals surface area contributed by atoms with E-state index in [0.29, 0.717) is 5.56 Å². The molecule has 2 heteroatoms. The Morgan fingerprint density at radius 1 is 1.05 bits per heavy atom. The van der Waals surface area contributed by atoms with Crippen molar-refractivity contribution in [2.75, 3.05) is 0 Å². The van der Waals surface area contributed by atoms with Gasteiger partial charge in [0.25, 0.3) is 5.24 Å². The first-order chi connectivity index (χ1) is 9.69. The monoisotopic (exact) mass is 284 g/mol. The lowest BCUT2D eigenvalue weighted by atomic mass is 9.84. The van der Waals surface area contributed by atoms with E-state index in [4.69, 9.17) is 11.6 Å². The van der Waals surface area contributed by atoms with Crippen LogP contribution < -0.4 is 0 Å². The molecule has 2 aromatic rings. The van der Waals surface area contributed by atoms with Crippen LogP contribution in [0.15, 0.2) is 36.4 Å². The third kappa shape index (κ3) is 2.38. The van der Waals surface area contributed by atoms with Gasteiger partial charge in [0.2, 0.25) is 0 Å². The molecule has 0 amide bonds. The fourth-order valence-corrected chi connectivity index (χ4v) is 3.13. The lowest BCUT2D eigenvalue weighted by Crippen LogP contribution is -2.06. The van der Waals surface area contributed by atoms with Crippen molar-refractivity contribution < 1.29 is 4.79 Å². The number of fused-ring (bicyclic) bond motifs is 3. The minimum Gasteiger partial charge on any atom is -0.276 e. The van der Waals surface area contributed by atoms with Crippen molar-refractivity contribution in [3.8, 4) is 11.1 Å². The van der Waals surface area contributed by atoms with Crippen molar-refractivity contribution in [1.82, 2.24) is 0 Å². The number of carbonyl (C=O) groups excluding carboxylic acids is 1. The highest BCUT2D eigenvalue weighted by atomic mass is 35.5. The highest BCUT2D eigenvalue weighted by molar-refractivity contribution is 6.67. The molecular formula is C18H17ClO. The molecule has 102 valence electrons. The Kier molecular flexibility index (Phi) is 3.62. The summed E-state index contributed by atoms with van der Waals surface area (Å²) in [4.78, 5) is 11.3. The highest BCUT2D eigenvalue weighted by Crippen LogP contribution is 2.34. The molecule has 1 aliphatic rings. The van der Waals surface area contributed by atoms with Gasteiger partial charge >= 0.3 is 0 Å². The lowest BCUT2D eigenvalue weighted by molar-refractivity contribution is 0.108. The molecule has 3 rings (SSSR count). The molecule has 0 fully saturated rings. The summed E-state index contributed by atoms with van der Waals surface area (Å²) in [7, 11) is 0. The number of hydrogen-bond donors (Lipinski definition) is 0. The van der Waals surface area contributed by atoms with Crippen LogP contribution in [0, 0.1) is 0 Å². The molecule has 20 heavy (non-hydrogen) atoms. The van der Waals surface area contributed by atoms with Crippen molar-refractivity contribution in [2.45, 2.75) is 32.6 Å². The van der Waals surface area contributed by atoms with E-state index >= 15 is 0 Å². The number of hydrogen-bond acceptors (Lipinski definition) is 1. The molecule has 0 aromatic heterocycles. The molecule has 0 saturated heterocycles. The van der Waals surface area contributed by atoms with Gasteiger partial charge in [0, 0.05) is 5.56 Å². The van der Waals surface area contributed by atoms with Crippen LogP contribution in [-0.4, -0.2) is 5.24 Å². The van der Waals surface area contributed by atoms with E-state index in [1.807, 2.05) is 18.2 Å². The summed E-state index contributed by atoms with van der Waals surface area (Å²) >= 11 is 5.56. The van der Waals surface area contributed by atoms with Gasteiger partial charge < -0.3 is 0 Å². The Bertz CT molecular complexity index is 673. The lowest BCUT2D eigenvalue weighted by Gasteiger charge is -2.21. The standard InChI is InChI=1S/C18H17ClO/c1-2-3-12-4-8-16-13(10-12)5-6-14-11-15(18(19)20)7-9-17(14)16/h4,7-11H,2-3,5-6H2,1H3.